The molecule has 0 saturated carbocycles. The first kappa shape index (κ1) is 15.8. The molecule has 1 unspecified atom stereocenters. The van der Waals surface area contributed by atoms with Gasteiger partial charge in [-0.3, -0.25) is 9.59 Å². The van der Waals surface area contributed by atoms with Gasteiger partial charge in [0.15, 0.2) is 0 Å². The van der Waals surface area contributed by atoms with Crippen LogP contribution in [-0.4, -0.2) is 41.1 Å². The van der Waals surface area contributed by atoms with Gasteiger partial charge in [-0.1, -0.05) is 30.3 Å². The minimum Gasteiger partial charge on any atom is -0.395 e. The third-order valence-electron chi connectivity index (χ3n) is 3.17. The second-order valence-corrected chi connectivity index (χ2v) is 4.86. The number of carbonyl (C=O) groups excluding carboxylic acids is 2. The van der Waals surface area contributed by atoms with Crippen molar-refractivity contribution in [1.82, 2.24) is 15.6 Å². The fourth-order valence-electron chi connectivity index (χ4n) is 1.99. The Morgan fingerprint density at radius 3 is 2.59 bits per heavy atom. The van der Waals surface area contributed by atoms with Crippen LogP contribution in [0.2, 0.25) is 0 Å². The van der Waals surface area contributed by atoms with Gasteiger partial charge in [0.25, 0.3) is 5.91 Å². The fraction of sp³-hybridized carbons (Fsp3) is 0.250. The van der Waals surface area contributed by atoms with Crippen molar-refractivity contribution in [3.05, 3.63) is 48.2 Å². The number of aromatic amines is 1. The lowest BCUT2D eigenvalue weighted by molar-refractivity contribution is -0.122. The number of aromatic nitrogens is 1. The molecule has 2 rings (SSSR count). The van der Waals surface area contributed by atoms with Crippen molar-refractivity contribution in [2.45, 2.75) is 13.0 Å². The van der Waals surface area contributed by atoms with Gasteiger partial charge in [-0.2, -0.15) is 0 Å². The molecular weight excluding hydrogens is 282 g/mol. The zero-order chi connectivity index (χ0) is 15.9. The third kappa shape index (κ3) is 3.95. The standard InChI is InChI=1S/C16H19N3O3/c1-11(15(21)17-9-10-20)18-16(22)14-8-7-13(19-14)12-5-3-2-4-6-12/h2-8,11,19-20H,9-10H2,1H3,(H,17,21)(H,18,22). The van der Waals surface area contributed by atoms with E-state index in [4.69, 9.17) is 5.11 Å². The first-order chi connectivity index (χ1) is 10.6. The summed E-state index contributed by atoms with van der Waals surface area (Å²) in [5.74, 6) is -0.689. The Balaban J connectivity index is 1.99. The largest absolute Gasteiger partial charge is 0.395 e. The van der Waals surface area contributed by atoms with Crippen molar-refractivity contribution < 1.29 is 14.7 Å². The molecule has 22 heavy (non-hydrogen) atoms. The zero-order valence-corrected chi connectivity index (χ0v) is 12.3. The lowest BCUT2D eigenvalue weighted by atomic mass is 10.2. The van der Waals surface area contributed by atoms with E-state index in [0.717, 1.165) is 11.3 Å². The molecule has 0 spiro atoms. The lowest BCUT2D eigenvalue weighted by Crippen LogP contribution is -2.45. The molecule has 0 aliphatic carbocycles. The third-order valence-corrected chi connectivity index (χ3v) is 3.17. The Hall–Kier alpha value is -2.60. The molecule has 0 saturated heterocycles. The number of nitrogens with one attached hydrogen (secondary N) is 3. The fourth-order valence-corrected chi connectivity index (χ4v) is 1.99. The van der Waals surface area contributed by atoms with E-state index >= 15 is 0 Å². The molecule has 1 aromatic carbocycles. The SMILES string of the molecule is CC(NC(=O)c1ccc(-c2ccccc2)[nH]1)C(=O)NCCO. The quantitative estimate of drug-likeness (QED) is 0.639. The van der Waals surface area contributed by atoms with E-state index in [1.54, 1.807) is 13.0 Å². The predicted octanol–water partition coefficient (Wildman–Crippen LogP) is 0.908. The van der Waals surface area contributed by atoms with Gasteiger partial charge >= 0.3 is 0 Å². The molecule has 0 bridgehead atoms. The van der Waals surface area contributed by atoms with Crippen molar-refractivity contribution >= 4 is 11.8 Å². The highest BCUT2D eigenvalue weighted by atomic mass is 16.3. The topological polar surface area (TPSA) is 94.2 Å². The van der Waals surface area contributed by atoms with Crippen molar-refractivity contribution in [1.29, 1.82) is 0 Å². The summed E-state index contributed by atoms with van der Waals surface area (Å²) < 4.78 is 0. The normalized spacial score (nSPS) is 11.7. The van der Waals surface area contributed by atoms with Crippen LogP contribution in [0.5, 0.6) is 0 Å². The maximum Gasteiger partial charge on any atom is 0.268 e. The highest BCUT2D eigenvalue weighted by Gasteiger charge is 2.17. The van der Waals surface area contributed by atoms with Gasteiger partial charge in [0, 0.05) is 12.2 Å². The molecule has 2 aromatic rings. The highest BCUT2D eigenvalue weighted by molar-refractivity contribution is 5.96. The summed E-state index contributed by atoms with van der Waals surface area (Å²) in [6, 6.07) is 12.5. The molecule has 1 heterocycles. The van der Waals surface area contributed by atoms with Crippen LogP contribution in [0.15, 0.2) is 42.5 Å². The van der Waals surface area contributed by atoms with Crippen LogP contribution in [0.4, 0.5) is 0 Å². The van der Waals surface area contributed by atoms with Crippen LogP contribution in [0.25, 0.3) is 11.3 Å². The lowest BCUT2D eigenvalue weighted by Gasteiger charge is -2.13. The molecule has 1 atom stereocenters. The van der Waals surface area contributed by atoms with E-state index in [-0.39, 0.29) is 25.0 Å². The molecule has 0 fully saturated rings. The van der Waals surface area contributed by atoms with Gasteiger partial charge in [-0.25, -0.2) is 0 Å². The van der Waals surface area contributed by atoms with Crippen LogP contribution >= 0.6 is 0 Å². The first-order valence-electron chi connectivity index (χ1n) is 7.05. The van der Waals surface area contributed by atoms with Crippen LogP contribution < -0.4 is 10.6 Å². The molecule has 116 valence electrons. The van der Waals surface area contributed by atoms with Gasteiger partial charge in [0.05, 0.1) is 6.61 Å². The van der Waals surface area contributed by atoms with Gasteiger partial charge in [-0.05, 0) is 24.6 Å². The molecule has 0 aliphatic rings. The van der Waals surface area contributed by atoms with Crippen LogP contribution in [0.1, 0.15) is 17.4 Å². The number of aliphatic hydroxyl groups is 1. The van der Waals surface area contributed by atoms with Crippen LogP contribution in [0, 0.1) is 0 Å². The minimum atomic E-state index is -0.678. The summed E-state index contributed by atoms with van der Waals surface area (Å²) >= 11 is 0. The first-order valence-corrected chi connectivity index (χ1v) is 7.05. The van der Waals surface area contributed by atoms with Gasteiger partial charge < -0.3 is 20.7 Å². The Morgan fingerprint density at radius 2 is 1.91 bits per heavy atom. The van der Waals surface area contributed by atoms with Crippen molar-refractivity contribution in [3.8, 4) is 11.3 Å². The van der Waals surface area contributed by atoms with E-state index in [2.05, 4.69) is 15.6 Å². The molecule has 6 heteroatoms. The summed E-state index contributed by atoms with van der Waals surface area (Å²) in [6.45, 7) is 1.62. The van der Waals surface area contributed by atoms with E-state index in [1.165, 1.54) is 0 Å². The van der Waals surface area contributed by atoms with E-state index in [9.17, 15) is 9.59 Å². The monoisotopic (exact) mass is 301 g/mol. The maximum atomic E-state index is 12.1. The predicted molar refractivity (Wildman–Crippen MR) is 83.3 cm³/mol. The number of amides is 2. The average molecular weight is 301 g/mol. The molecule has 4 N–H and O–H groups in total. The smallest absolute Gasteiger partial charge is 0.268 e. The Morgan fingerprint density at radius 1 is 1.18 bits per heavy atom. The van der Waals surface area contributed by atoms with E-state index < -0.39 is 6.04 Å². The second kappa shape index (κ2) is 7.42. The number of hydrogen-bond acceptors (Lipinski definition) is 3. The summed E-state index contributed by atoms with van der Waals surface area (Å²) in [6.07, 6.45) is 0. The summed E-state index contributed by atoms with van der Waals surface area (Å²) in [4.78, 5) is 26.8. The highest BCUT2D eigenvalue weighted by Crippen LogP contribution is 2.17. The molecule has 0 aliphatic heterocycles. The summed E-state index contributed by atoms with van der Waals surface area (Å²) in [7, 11) is 0. The molecule has 1 aromatic heterocycles. The number of carbonyl (C=O) groups is 2. The van der Waals surface area contributed by atoms with Gasteiger partial charge in [0.1, 0.15) is 11.7 Å². The Labute approximate surface area is 128 Å². The Kier molecular flexibility index (Phi) is 5.32. The van der Waals surface area contributed by atoms with Gasteiger partial charge in [0.2, 0.25) is 5.91 Å². The number of H-pyrrole nitrogens is 1. The minimum absolute atomic E-state index is 0.135. The van der Waals surface area contributed by atoms with Crippen LogP contribution in [-0.2, 0) is 4.79 Å². The summed E-state index contributed by atoms with van der Waals surface area (Å²) in [5.41, 5.74) is 2.21. The number of benzene rings is 1. The van der Waals surface area contributed by atoms with Crippen molar-refractivity contribution in [2.24, 2.45) is 0 Å². The maximum absolute atomic E-state index is 12.1. The Bertz CT molecular complexity index is 637. The average Bonchev–Trinajstić information content (AvgIpc) is 3.03. The molecule has 0 radical (unpaired) electrons. The van der Waals surface area contributed by atoms with E-state index in [1.807, 2.05) is 36.4 Å². The molecular formula is C16H19N3O3. The second-order valence-electron chi connectivity index (χ2n) is 4.86. The summed E-state index contributed by atoms with van der Waals surface area (Å²) in [5, 5.41) is 13.8. The van der Waals surface area contributed by atoms with Crippen molar-refractivity contribution in [3.63, 3.8) is 0 Å². The number of hydrogen-bond donors (Lipinski definition) is 4. The number of rotatable bonds is 6. The molecule has 2 amide bonds. The van der Waals surface area contributed by atoms with Gasteiger partial charge in [-0.15, -0.1) is 0 Å². The number of aliphatic hydroxyl groups excluding tert-OH is 1. The van der Waals surface area contributed by atoms with E-state index in [0.29, 0.717) is 5.69 Å². The van der Waals surface area contributed by atoms with Crippen LogP contribution in [0.3, 0.4) is 0 Å². The zero-order valence-electron chi connectivity index (χ0n) is 12.3. The van der Waals surface area contributed by atoms with Crippen molar-refractivity contribution in [2.75, 3.05) is 13.2 Å². The molecule has 6 nitrogen and oxygen atoms in total.